The maximum Gasteiger partial charge on any atom is 0.417 e. The van der Waals surface area contributed by atoms with Crippen LogP contribution in [0.2, 0.25) is 0 Å². The molecule has 8 heteroatoms. The first-order valence-corrected chi connectivity index (χ1v) is 7.20. The number of para-hydroxylation sites is 1. The summed E-state index contributed by atoms with van der Waals surface area (Å²) in [4.78, 5) is 0. The molecule has 0 N–H and O–H groups in total. The van der Waals surface area contributed by atoms with Gasteiger partial charge in [0, 0.05) is 12.1 Å². The number of hydrogen-bond acceptors (Lipinski definition) is 1. The first kappa shape index (κ1) is 17.3. The van der Waals surface area contributed by atoms with Gasteiger partial charge in [-0.15, -0.1) is 0 Å². The van der Waals surface area contributed by atoms with Crippen molar-refractivity contribution in [2.24, 2.45) is 0 Å². The smallest absolute Gasteiger partial charge is 0.417 e. The molecule has 0 saturated carbocycles. The maximum absolute atomic E-state index is 13.1. The van der Waals surface area contributed by atoms with Crippen molar-refractivity contribution < 1.29 is 35.7 Å². The van der Waals surface area contributed by atoms with Crippen LogP contribution in [0.1, 0.15) is 22.3 Å². The molecule has 1 aliphatic rings. The predicted octanol–water partition coefficient (Wildman–Crippen LogP) is 5.15. The van der Waals surface area contributed by atoms with Gasteiger partial charge in [-0.05, 0) is 24.6 Å². The molecule has 0 radical (unpaired) electrons. The zero-order chi connectivity index (χ0) is 18.4. The highest BCUT2D eigenvalue weighted by Crippen LogP contribution is 2.42. The number of hydrogen-bond donors (Lipinski definition) is 0. The summed E-state index contributed by atoms with van der Waals surface area (Å²) in [7, 11) is 0. The molecule has 0 atom stereocenters. The van der Waals surface area contributed by atoms with E-state index in [0.29, 0.717) is 23.4 Å². The number of ether oxygens (including phenoxy) is 1. The van der Waals surface area contributed by atoms with E-state index in [0.717, 1.165) is 11.6 Å². The van der Waals surface area contributed by atoms with Gasteiger partial charge in [0.15, 0.2) is 6.21 Å². The van der Waals surface area contributed by atoms with Crippen LogP contribution in [0.15, 0.2) is 36.4 Å². The van der Waals surface area contributed by atoms with Crippen molar-refractivity contribution in [3.05, 3.63) is 58.7 Å². The topological polar surface area (TPSA) is 12.2 Å². The lowest BCUT2D eigenvalue weighted by Gasteiger charge is -2.18. The third-order valence-electron chi connectivity index (χ3n) is 3.83. The van der Waals surface area contributed by atoms with Gasteiger partial charge in [-0.3, -0.25) is 0 Å². The van der Waals surface area contributed by atoms with Crippen LogP contribution in [-0.2, 0) is 12.4 Å². The first-order chi connectivity index (χ1) is 11.6. The summed E-state index contributed by atoms with van der Waals surface area (Å²) in [5, 5.41) is 0. The number of halogens is 6. The summed E-state index contributed by atoms with van der Waals surface area (Å²) in [5.41, 5.74) is -1.97. The molecule has 0 aliphatic carbocycles. The fourth-order valence-corrected chi connectivity index (χ4v) is 2.65. The van der Waals surface area contributed by atoms with E-state index in [1.165, 1.54) is 4.58 Å². The van der Waals surface area contributed by atoms with Crippen molar-refractivity contribution in [3.63, 3.8) is 0 Å². The Bertz CT molecular complexity index is 851. The molecule has 0 spiro atoms. The summed E-state index contributed by atoms with van der Waals surface area (Å²) in [6, 6.07) is 7.22. The molecule has 1 heterocycles. The first-order valence-electron chi connectivity index (χ1n) is 7.20. The number of benzene rings is 2. The summed E-state index contributed by atoms with van der Waals surface area (Å²) in [5.74, 6) is 0.599. The molecule has 0 bridgehead atoms. The van der Waals surface area contributed by atoms with Crippen LogP contribution in [-0.4, -0.2) is 17.5 Å². The van der Waals surface area contributed by atoms with Crippen molar-refractivity contribution >= 4 is 11.9 Å². The highest BCUT2D eigenvalue weighted by Gasteiger charge is 2.44. The third kappa shape index (κ3) is 3.33. The molecule has 0 unspecified atom stereocenters. The highest BCUT2D eigenvalue weighted by atomic mass is 19.4. The van der Waals surface area contributed by atoms with Crippen LogP contribution < -0.4 is 4.74 Å². The van der Waals surface area contributed by atoms with Crippen LogP contribution in [0, 0.1) is 6.92 Å². The molecule has 2 aromatic carbocycles. The Balaban J connectivity index is 2.10. The van der Waals surface area contributed by atoms with Gasteiger partial charge in [-0.2, -0.15) is 30.9 Å². The molecular formula is C17H12F6NO+. The van der Waals surface area contributed by atoms with Crippen molar-refractivity contribution in [1.29, 1.82) is 0 Å². The Morgan fingerprint density at radius 3 is 2.24 bits per heavy atom. The zero-order valence-corrected chi connectivity index (χ0v) is 12.9. The predicted molar refractivity (Wildman–Crippen MR) is 78.2 cm³/mol. The van der Waals surface area contributed by atoms with E-state index >= 15 is 0 Å². The molecule has 3 rings (SSSR count). The second-order valence-corrected chi connectivity index (χ2v) is 5.59. The minimum absolute atomic E-state index is 0.0347. The van der Waals surface area contributed by atoms with E-state index < -0.39 is 23.5 Å². The Kier molecular flexibility index (Phi) is 4.01. The van der Waals surface area contributed by atoms with Crippen LogP contribution >= 0.6 is 0 Å². The number of rotatable bonds is 1. The van der Waals surface area contributed by atoms with Crippen LogP contribution in [0.5, 0.6) is 5.75 Å². The number of aryl methyl sites for hydroxylation is 1. The SMILES string of the molecule is Cc1cccc2c1OC[N+](c1ccc(C(F)(F)F)c(C(F)(F)F)c1)=C2. The highest BCUT2D eigenvalue weighted by molar-refractivity contribution is 5.82. The molecular weight excluding hydrogens is 348 g/mol. The third-order valence-corrected chi connectivity index (χ3v) is 3.83. The lowest BCUT2D eigenvalue weighted by Crippen LogP contribution is -2.22. The van der Waals surface area contributed by atoms with Crippen molar-refractivity contribution in [1.82, 2.24) is 0 Å². The van der Waals surface area contributed by atoms with Crippen LogP contribution in [0.3, 0.4) is 0 Å². The minimum atomic E-state index is -5.12. The molecule has 2 aromatic rings. The Morgan fingerprint density at radius 1 is 0.920 bits per heavy atom. The van der Waals surface area contributed by atoms with Gasteiger partial charge >= 0.3 is 12.4 Å². The molecule has 2 nitrogen and oxygen atoms in total. The lowest BCUT2D eigenvalue weighted by molar-refractivity contribution is -0.476. The molecule has 0 saturated heterocycles. The maximum atomic E-state index is 13.1. The van der Waals surface area contributed by atoms with Gasteiger partial charge in [0.05, 0.1) is 16.7 Å². The van der Waals surface area contributed by atoms with Crippen LogP contribution in [0.4, 0.5) is 32.0 Å². The number of alkyl halides is 6. The summed E-state index contributed by atoms with van der Waals surface area (Å²) in [6.45, 7) is 1.72. The van der Waals surface area contributed by atoms with Gasteiger partial charge in [-0.25, -0.2) is 0 Å². The van der Waals surface area contributed by atoms with Crippen molar-refractivity contribution in [2.45, 2.75) is 19.3 Å². The van der Waals surface area contributed by atoms with E-state index in [-0.39, 0.29) is 12.4 Å². The van der Waals surface area contributed by atoms with E-state index in [1.807, 2.05) is 13.0 Å². The number of nitrogens with zero attached hydrogens (tertiary/aromatic N) is 1. The fourth-order valence-electron chi connectivity index (χ4n) is 2.65. The summed E-state index contributed by atoms with van der Waals surface area (Å²) < 4.78 is 84.6. The van der Waals surface area contributed by atoms with Gasteiger partial charge in [0.1, 0.15) is 5.75 Å². The van der Waals surface area contributed by atoms with E-state index in [4.69, 9.17) is 4.74 Å². The molecule has 0 fully saturated rings. The normalized spacial score (nSPS) is 14.6. The zero-order valence-electron chi connectivity index (χ0n) is 12.9. The van der Waals surface area contributed by atoms with Gasteiger partial charge in [0.2, 0.25) is 5.69 Å². The fraction of sp³-hybridized carbons (Fsp3) is 0.235. The monoisotopic (exact) mass is 360 g/mol. The largest absolute Gasteiger partial charge is 0.435 e. The standard InChI is InChI=1S/C17H12F6NO/c1-10-3-2-4-11-8-24(9-25-15(10)11)12-5-6-13(16(18,19)20)14(7-12)17(21,22)23/h2-8H,9H2,1H3/q+1. The molecule has 0 aromatic heterocycles. The van der Waals surface area contributed by atoms with Crippen molar-refractivity contribution in [3.8, 4) is 5.75 Å². The lowest BCUT2D eigenvalue weighted by atomic mass is 10.0. The van der Waals surface area contributed by atoms with Crippen molar-refractivity contribution in [2.75, 3.05) is 6.73 Å². The van der Waals surface area contributed by atoms with Gasteiger partial charge < -0.3 is 4.74 Å². The van der Waals surface area contributed by atoms with Crippen LogP contribution in [0.25, 0.3) is 0 Å². The van der Waals surface area contributed by atoms with Gasteiger partial charge in [0.25, 0.3) is 6.73 Å². The quantitative estimate of drug-likeness (QED) is 0.506. The Morgan fingerprint density at radius 2 is 1.60 bits per heavy atom. The molecule has 0 amide bonds. The Labute approximate surface area is 139 Å². The summed E-state index contributed by atoms with van der Waals surface area (Å²) >= 11 is 0. The average Bonchev–Trinajstić information content (AvgIpc) is 2.52. The van der Waals surface area contributed by atoms with Gasteiger partial charge in [-0.1, -0.05) is 12.1 Å². The van der Waals surface area contributed by atoms with E-state index in [2.05, 4.69) is 0 Å². The van der Waals surface area contributed by atoms with E-state index in [9.17, 15) is 26.3 Å². The number of fused-ring (bicyclic) bond motifs is 1. The molecule has 25 heavy (non-hydrogen) atoms. The summed E-state index contributed by atoms with van der Waals surface area (Å²) in [6.07, 6.45) is -8.66. The minimum Gasteiger partial charge on any atom is -0.435 e. The Hall–Kier alpha value is -2.51. The van der Waals surface area contributed by atoms with E-state index in [1.54, 1.807) is 18.3 Å². The molecule has 1 aliphatic heterocycles. The second kappa shape index (κ2) is 5.79. The second-order valence-electron chi connectivity index (χ2n) is 5.59. The molecule has 132 valence electrons. The average molecular weight is 360 g/mol.